The lowest BCUT2D eigenvalue weighted by Gasteiger charge is -2.35. The van der Waals surface area contributed by atoms with Crippen LogP contribution in [-0.2, 0) is 4.74 Å². The zero-order valence-corrected chi connectivity index (χ0v) is 15.4. The number of methoxy groups -OCH3 is 1. The normalized spacial score (nSPS) is 18.8. The average molecular weight is 340 g/mol. The van der Waals surface area contributed by atoms with Gasteiger partial charge in [-0.15, -0.1) is 0 Å². The second-order valence-electron chi connectivity index (χ2n) is 6.68. The predicted octanol–water partition coefficient (Wildman–Crippen LogP) is 3.56. The van der Waals surface area contributed by atoms with Crippen molar-refractivity contribution in [3.05, 3.63) is 59.7 Å². The molecule has 2 atom stereocenters. The number of ether oxygens (including phenoxy) is 2. The molecular formula is C21H28N2O2. The smallest absolute Gasteiger partial charge is 0.119 e. The largest absolute Gasteiger partial charge is 0.497 e. The number of hydrogen-bond donors (Lipinski definition) is 1. The number of nitrogens with one attached hydrogen (secondary N) is 1. The Hall–Kier alpha value is -2.04. The van der Waals surface area contributed by atoms with E-state index in [1.54, 1.807) is 7.11 Å². The Bertz CT molecular complexity index is 672. The molecule has 0 aliphatic carbocycles. The Balaban J connectivity index is 1.54. The van der Waals surface area contributed by atoms with Gasteiger partial charge in [-0.25, -0.2) is 0 Å². The standard InChI is InChI=1S/C21H28N2O2/c1-16-7-9-19(10-8-16)23-11-12-25-21(15-23)14-22-17(2)18-5-4-6-20(13-18)24-3/h4-10,13,17,21-22H,11-12,14-15H2,1-3H3/t17-,21?/m1/s1. The van der Waals surface area contributed by atoms with Crippen molar-refractivity contribution in [1.29, 1.82) is 0 Å². The molecule has 0 bridgehead atoms. The van der Waals surface area contributed by atoms with Gasteiger partial charge in [0.1, 0.15) is 5.75 Å². The van der Waals surface area contributed by atoms with E-state index < -0.39 is 0 Å². The highest BCUT2D eigenvalue weighted by Gasteiger charge is 2.21. The Labute approximate surface area is 150 Å². The molecule has 1 saturated heterocycles. The van der Waals surface area contributed by atoms with Gasteiger partial charge in [-0.1, -0.05) is 29.8 Å². The van der Waals surface area contributed by atoms with Gasteiger partial charge in [0.05, 0.1) is 19.8 Å². The van der Waals surface area contributed by atoms with Crippen LogP contribution >= 0.6 is 0 Å². The first-order chi connectivity index (χ1) is 12.2. The first-order valence-electron chi connectivity index (χ1n) is 8.96. The van der Waals surface area contributed by atoms with Crippen molar-refractivity contribution in [2.24, 2.45) is 0 Å². The molecule has 4 nitrogen and oxygen atoms in total. The van der Waals surface area contributed by atoms with Crippen molar-refractivity contribution >= 4 is 5.69 Å². The van der Waals surface area contributed by atoms with Crippen LogP contribution in [0.15, 0.2) is 48.5 Å². The van der Waals surface area contributed by atoms with Gasteiger partial charge in [0.2, 0.25) is 0 Å². The summed E-state index contributed by atoms with van der Waals surface area (Å²) in [5, 5.41) is 3.59. The molecule has 134 valence electrons. The van der Waals surface area contributed by atoms with Gasteiger partial charge in [0.15, 0.2) is 0 Å². The number of aryl methyl sites for hydroxylation is 1. The minimum atomic E-state index is 0.197. The number of nitrogens with zero attached hydrogens (tertiary/aromatic N) is 1. The van der Waals surface area contributed by atoms with Crippen LogP contribution in [0.4, 0.5) is 5.69 Å². The molecule has 0 radical (unpaired) electrons. The van der Waals surface area contributed by atoms with E-state index in [2.05, 4.69) is 60.5 Å². The number of rotatable bonds is 6. The summed E-state index contributed by atoms with van der Waals surface area (Å²) in [6, 6.07) is 17.2. The van der Waals surface area contributed by atoms with Gasteiger partial charge in [0.25, 0.3) is 0 Å². The van der Waals surface area contributed by atoms with E-state index in [1.807, 2.05) is 12.1 Å². The van der Waals surface area contributed by atoms with Gasteiger partial charge < -0.3 is 19.7 Å². The summed E-state index contributed by atoms with van der Waals surface area (Å²) in [5.74, 6) is 0.894. The van der Waals surface area contributed by atoms with Crippen molar-refractivity contribution < 1.29 is 9.47 Å². The van der Waals surface area contributed by atoms with Crippen LogP contribution in [0.3, 0.4) is 0 Å². The van der Waals surface area contributed by atoms with E-state index in [4.69, 9.17) is 9.47 Å². The molecule has 0 aromatic heterocycles. The van der Waals surface area contributed by atoms with Crippen molar-refractivity contribution in [2.45, 2.75) is 26.0 Å². The van der Waals surface area contributed by atoms with Crippen LogP contribution in [0.25, 0.3) is 0 Å². The minimum Gasteiger partial charge on any atom is -0.497 e. The van der Waals surface area contributed by atoms with Crippen LogP contribution in [0, 0.1) is 6.92 Å². The highest BCUT2D eigenvalue weighted by Crippen LogP contribution is 2.20. The zero-order valence-electron chi connectivity index (χ0n) is 15.4. The lowest BCUT2D eigenvalue weighted by atomic mass is 10.1. The predicted molar refractivity (Wildman–Crippen MR) is 103 cm³/mol. The summed E-state index contributed by atoms with van der Waals surface area (Å²) in [5.41, 5.74) is 3.80. The highest BCUT2D eigenvalue weighted by atomic mass is 16.5. The third-order valence-electron chi connectivity index (χ3n) is 4.78. The molecule has 1 aliphatic rings. The summed E-state index contributed by atoms with van der Waals surface area (Å²) in [4.78, 5) is 2.41. The molecule has 1 N–H and O–H groups in total. The lowest BCUT2D eigenvalue weighted by Crippen LogP contribution is -2.47. The first-order valence-corrected chi connectivity index (χ1v) is 8.96. The fraction of sp³-hybridized carbons (Fsp3) is 0.429. The molecule has 4 heteroatoms. The molecule has 3 rings (SSSR count). The van der Waals surface area contributed by atoms with E-state index in [0.29, 0.717) is 0 Å². The van der Waals surface area contributed by atoms with Crippen LogP contribution in [0.5, 0.6) is 5.75 Å². The maximum atomic E-state index is 5.96. The SMILES string of the molecule is COc1cccc([C@@H](C)NCC2CN(c3ccc(C)cc3)CCO2)c1. The van der Waals surface area contributed by atoms with Gasteiger partial charge in [0, 0.05) is 31.4 Å². The Morgan fingerprint density at radius 1 is 1.24 bits per heavy atom. The fourth-order valence-corrected chi connectivity index (χ4v) is 3.17. The maximum absolute atomic E-state index is 5.96. The Kier molecular flexibility index (Phi) is 5.95. The summed E-state index contributed by atoms with van der Waals surface area (Å²) < 4.78 is 11.3. The van der Waals surface area contributed by atoms with Crippen LogP contribution in [0.1, 0.15) is 24.1 Å². The van der Waals surface area contributed by atoms with Gasteiger partial charge in [-0.05, 0) is 43.7 Å². The quantitative estimate of drug-likeness (QED) is 0.872. The molecule has 0 saturated carbocycles. The van der Waals surface area contributed by atoms with E-state index in [1.165, 1.54) is 16.8 Å². The number of morpholine rings is 1. The summed E-state index contributed by atoms with van der Waals surface area (Å²) in [7, 11) is 1.70. The molecule has 2 aromatic carbocycles. The number of anilines is 1. The van der Waals surface area contributed by atoms with E-state index >= 15 is 0 Å². The maximum Gasteiger partial charge on any atom is 0.119 e. The van der Waals surface area contributed by atoms with Crippen LogP contribution < -0.4 is 15.0 Å². The molecule has 25 heavy (non-hydrogen) atoms. The topological polar surface area (TPSA) is 33.7 Å². The van der Waals surface area contributed by atoms with Crippen molar-refractivity contribution in [3.63, 3.8) is 0 Å². The van der Waals surface area contributed by atoms with Crippen molar-refractivity contribution in [1.82, 2.24) is 5.32 Å². The molecule has 1 fully saturated rings. The third kappa shape index (κ3) is 4.74. The fourth-order valence-electron chi connectivity index (χ4n) is 3.17. The molecule has 1 aliphatic heterocycles. The molecular weight excluding hydrogens is 312 g/mol. The zero-order chi connectivity index (χ0) is 17.6. The lowest BCUT2D eigenvalue weighted by molar-refractivity contribution is 0.0394. The van der Waals surface area contributed by atoms with Gasteiger partial charge in [-0.2, -0.15) is 0 Å². The summed E-state index contributed by atoms with van der Waals surface area (Å²) in [6.45, 7) is 7.77. The Morgan fingerprint density at radius 2 is 2.04 bits per heavy atom. The third-order valence-corrected chi connectivity index (χ3v) is 4.78. The minimum absolute atomic E-state index is 0.197. The molecule has 0 spiro atoms. The summed E-state index contributed by atoms with van der Waals surface area (Å²) >= 11 is 0. The summed E-state index contributed by atoms with van der Waals surface area (Å²) in [6.07, 6.45) is 0.197. The highest BCUT2D eigenvalue weighted by molar-refractivity contribution is 5.48. The molecule has 1 heterocycles. The monoisotopic (exact) mass is 340 g/mol. The van der Waals surface area contributed by atoms with Crippen molar-refractivity contribution in [3.8, 4) is 5.75 Å². The number of benzene rings is 2. The molecule has 0 amide bonds. The second kappa shape index (κ2) is 8.37. The van der Waals surface area contributed by atoms with Gasteiger partial charge in [-0.3, -0.25) is 0 Å². The van der Waals surface area contributed by atoms with Gasteiger partial charge >= 0.3 is 0 Å². The average Bonchev–Trinajstić information content (AvgIpc) is 2.67. The van der Waals surface area contributed by atoms with E-state index in [9.17, 15) is 0 Å². The Morgan fingerprint density at radius 3 is 2.80 bits per heavy atom. The van der Waals surface area contributed by atoms with Crippen LogP contribution in [-0.4, -0.2) is 39.5 Å². The van der Waals surface area contributed by atoms with Crippen molar-refractivity contribution in [2.75, 3.05) is 38.3 Å². The van der Waals surface area contributed by atoms with E-state index in [-0.39, 0.29) is 12.1 Å². The number of hydrogen-bond acceptors (Lipinski definition) is 4. The van der Waals surface area contributed by atoms with E-state index in [0.717, 1.165) is 32.0 Å². The first kappa shape index (κ1) is 17.8. The molecule has 2 aromatic rings. The van der Waals surface area contributed by atoms with Crippen LogP contribution in [0.2, 0.25) is 0 Å². The molecule has 1 unspecified atom stereocenters. The second-order valence-corrected chi connectivity index (χ2v) is 6.68.